The number of para-hydroxylation sites is 2. The third-order valence-electron chi connectivity index (χ3n) is 5.24. The standard InChI is InChI=1S/C25H27N3O5S2/c1-4-33-23-11-6-5-10-22(23)28(35(31,32)19-14-12-18(34-3)13-15-19)16-24(29)27-21-9-7-8-20(17(21)2)25(26)30/h5-15H,4,16H2,1-3H3,(H2,26,30)(H,27,29). The number of benzene rings is 3. The normalized spacial score (nSPS) is 11.1. The van der Waals surface area contributed by atoms with Gasteiger partial charge in [-0.05, 0) is 74.2 Å². The number of thioether (sulfide) groups is 1. The number of rotatable bonds is 10. The highest BCUT2D eigenvalue weighted by Gasteiger charge is 2.29. The van der Waals surface area contributed by atoms with Crippen LogP contribution in [0.5, 0.6) is 5.75 Å². The summed E-state index contributed by atoms with van der Waals surface area (Å²) in [6.07, 6.45) is 1.90. The lowest BCUT2D eigenvalue weighted by molar-refractivity contribution is -0.114. The Balaban J connectivity index is 2.02. The number of anilines is 2. The number of amides is 2. The van der Waals surface area contributed by atoms with Gasteiger partial charge in [-0.2, -0.15) is 0 Å². The van der Waals surface area contributed by atoms with Crippen molar-refractivity contribution in [2.75, 3.05) is 29.0 Å². The number of ether oxygens (including phenoxy) is 1. The molecule has 0 aromatic heterocycles. The number of carbonyl (C=O) groups excluding carboxylic acids is 2. The maximum Gasteiger partial charge on any atom is 0.264 e. The number of nitrogens with one attached hydrogen (secondary N) is 1. The van der Waals surface area contributed by atoms with Crippen molar-refractivity contribution in [3.63, 3.8) is 0 Å². The Labute approximate surface area is 209 Å². The van der Waals surface area contributed by atoms with Gasteiger partial charge in [0.2, 0.25) is 11.8 Å². The predicted molar refractivity (Wildman–Crippen MR) is 139 cm³/mol. The fraction of sp³-hybridized carbons (Fsp3) is 0.200. The van der Waals surface area contributed by atoms with Crippen molar-refractivity contribution in [3.05, 3.63) is 77.9 Å². The first-order chi connectivity index (χ1) is 16.7. The van der Waals surface area contributed by atoms with E-state index in [4.69, 9.17) is 10.5 Å². The van der Waals surface area contributed by atoms with E-state index in [1.165, 1.54) is 23.9 Å². The molecular weight excluding hydrogens is 486 g/mol. The van der Waals surface area contributed by atoms with E-state index in [0.717, 1.165) is 9.20 Å². The molecule has 0 unspecified atom stereocenters. The van der Waals surface area contributed by atoms with Crippen molar-refractivity contribution in [1.82, 2.24) is 0 Å². The van der Waals surface area contributed by atoms with Crippen LogP contribution in [0.1, 0.15) is 22.8 Å². The van der Waals surface area contributed by atoms with E-state index in [0.29, 0.717) is 23.6 Å². The van der Waals surface area contributed by atoms with E-state index in [-0.39, 0.29) is 16.1 Å². The van der Waals surface area contributed by atoms with Gasteiger partial charge in [0.25, 0.3) is 10.0 Å². The molecule has 0 fully saturated rings. The van der Waals surface area contributed by atoms with Gasteiger partial charge in [0.15, 0.2) is 0 Å². The van der Waals surface area contributed by atoms with E-state index in [9.17, 15) is 18.0 Å². The quantitative estimate of drug-likeness (QED) is 0.395. The summed E-state index contributed by atoms with van der Waals surface area (Å²) >= 11 is 1.49. The zero-order valence-corrected chi connectivity index (χ0v) is 21.3. The molecule has 0 atom stereocenters. The van der Waals surface area contributed by atoms with Crippen LogP contribution < -0.4 is 20.1 Å². The molecule has 3 rings (SSSR count). The maximum atomic E-state index is 13.7. The molecule has 3 aromatic rings. The first-order valence-electron chi connectivity index (χ1n) is 10.8. The lowest BCUT2D eigenvalue weighted by Gasteiger charge is -2.26. The van der Waals surface area contributed by atoms with Crippen LogP contribution in [0.3, 0.4) is 0 Å². The van der Waals surface area contributed by atoms with Crippen molar-refractivity contribution in [3.8, 4) is 5.75 Å². The molecule has 10 heteroatoms. The molecule has 0 bridgehead atoms. The van der Waals surface area contributed by atoms with E-state index in [2.05, 4.69) is 5.32 Å². The highest BCUT2D eigenvalue weighted by Crippen LogP contribution is 2.33. The molecule has 184 valence electrons. The van der Waals surface area contributed by atoms with E-state index >= 15 is 0 Å². The van der Waals surface area contributed by atoms with Crippen LogP contribution in [-0.4, -0.2) is 39.6 Å². The molecule has 0 spiro atoms. The van der Waals surface area contributed by atoms with Crippen molar-refractivity contribution in [2.24, 2.45) is 5.73 Å². The van der Waals surface area contributed by atoms with Gasteiger partial charge in [-0.3, -0.25) is 13.9 Å². The lowest BCUT2D eigenvalue weighted by Crippen LogP contribution is -2.38. The van der Waals surface area contributed by atoms with Gasteiger partial charge in [-0.1, -0.05) is 18.2 Å². The first-order valence-corrected chi connectivity index (χ1v) is 13.4. The van der Waals surface area contributed by atoms with Crippen LogP contribution >= 0.6 is 11.8 Å². The van der Waals surface area contributed by atoms with Gasteiger partial charge in [0.1, 0.15) is 12.3 Å². The topological polar surface area (TPSA) is 119 Å². The van der Waals surface area contributed by atoms with Crippen LogP contribution in [0, 0.1) is 6.92 Å². The molecule has 8 nitrogen and oxygen atoms in total. The molecule has 0 aliphatic carbocycles. The molecule has 0 aliphatic rings. The number of primary amides is 1. The Bertz CT molecular complexity index is 1330. The summed E-state index contributed by atoms with van der Waals surface area (Å²) in [4.78, 5) is 25.7. The number of hydrogen-bond acceptors (Lipinski definition) is 6. The summed E-state index contributed by atoms with van der Waals surface area (Å²) in [7, 11) is -4.13. The average Bonchev–Trinajstić information content (AvgIpc) is 2.84. The van der Waals surface area contributed by atoms with Crippen molar-refractivity contribution >= 4 is 45.0 Å². The predicted octanol–water partition coefficient (Wildman–Crippen LogP) is 4.05. The summed E-state index contributed by atoms with van der Waals surface area (Å²) in [5.41, 5.74) is 6.76. The number of hydrogen-bond donors (Lipinski definition) is 2. The van der Waals surface area contributed by atoms with Gasteiger partial charge >= 0.3 is 0 Å². The van der Waals surface area contributed by atoms with Crippen LogP contribution in [-0.2, 0) is 14.8 Å². The minimum absolute atomic E-state index is 0.0429. The number of nitrogens with zero attached hydrogens (tertiary/aromatic N) is 1. The largest absolute Gasteiger partial charge is 0.492 e. The average molecular weight is 514 g/mol. The molecule has 0 aliphatic heterocycles. The summed E-state index contributed by atoms with van der Waals surface area (Å²) in [6, 6.07) is 17.9. The zero-order valence-electron chi connectivity index (χ0n) is 19.6. The summed E-state index contributed by atoms with van der Waals surface area (Å²) in [5.74, 6) is -0.883. The fourth-order valence-electron chi connectivity index (χ4n) is 3.47. The van der Waals surface area contributed by atoms with Crippen molar-refractivity contribution in [2.45, 2.75) is 23.6 Å². The van der Waals surface area contributed by atoms with Crippen molar-refractivity contribution in [1.29, 1.82) is 0 Å². The minimum Gasteiger partial charge on any atom is -0.492 e. The molecule has 2 amide bonds. The molecule has 35 heavy (non-hydrogen) atoms. The second kappa shape index (κ2) is 11.3. The van der Waals surface area contributed by atoms with Crippen molar-refractivity contribution < 1.29 is 22.7 Å². The molecule has 0 radical (unpaired) electrons. The fourth-order valence-corrected chi connectivity index (χ4v) is 5.31. The van der Waals surface area contributed by atoms with Gasteiger partial charge in [0, 0.05) is 16.1 Å². The third kappa shape index (κ3) is 5.95. The highest BCUT2D eigenvalue weighted by atomic mass is 32.2. The summed E-state index contributed by atoms with van der Waals surface area (Å²) in [6.45, 7) is 3.25. The number of sulfonamides is 1. The number of carbonyl (C=O) groups is 2. The highest BCUT2D eigenvalue weighted by molar-refractivity contribution is 7.98. The second-order valence-corrected chi connectivity index (χ2v) is 10.2. The Kier molecular flexibility index (Phi) is 8.42. The van der Waals surface area contributed by atoms with Crippen LogP contribution in [0.2, 0.25) is 0 Å². The second-order valence-electron chi connectivity index (χ2n) is 7.48. The van der Waals surface area contributed by atoms with E-state index in [1.807, 2.05) is 6.26 Å². The molecule has 3 N–H and O–H groups in total. The van der Waals surface area contributed by atoms with E-state index < -0.39 is 28.4 Å². The molecule has 3 aromatic carbocycles. The molecule has 0 heterocycles. The molecular formula is C25H27N3O5S2. The van der Waals surface area contributed by atoms with Gasteiger partial charge in [-0.15, -0.1) is 11.8 Å². The zero-order chi connectivity index (χ0) is 25.6. The van der Waals surface area contributed by atoms with Crippen LogP contribution in [0.4, 0.5) is 11.4 Å². The SMILES string of the molecule is CCOc1ccccc1N(CC(=O)Nc1cccc(C(N)=O)c1C)S(=O)(=O)c1ccc(SC)cc1. The Morgan fingerprint density at radius 1 is 1.03 bits per heavy atom. The smallest absolute Gasteiger partial charge is 0.264 e. The lowest BCUT2D eigenvalue weighted by atomic mass is 10.1. The monoisotopic (exact) mass is 513 g/mol. The van der Waals surface area contributed by atoms with Gasteiger partial charge < -0.3 is 15.8 Å². The van der Waals surface area contributed by atoms with Crippen LogP contribution in [0.15, 0.2) is 76.5 Å². The Morgan fingerprint density at radius 3 is 2.34 bits per heavy atom. The summed E-state index contributed by atoms with van der Waals surface area (Å²) in [5, 5.41) is 2.70. The Hall–Kier alpha value is -3.50. The first kappa shape index (κ1) is 26.1. The Morgan fingerprint density at radius 2 is 1.71 bits per heavy atom. The minimum atomic E-state index is -4.13. The van der Waals surface area contributed by atoms with Crippen LogP contribution in [0.25, 0.3) is 0 Å². The third-order valence-corrected chi connectivity index (χ3v) is 7.76. The molecule has 0 saturated carbocycles. The summed E-state index contributed by atoms with van der Waals surface area (Å²) < 4.78 is 34.1. The van der Waals surface area contributed by atoms with Gasteiger partial charge in [0.05, 0.1) is 17.2 Å². The van der Waals surface area contributed by atoms with Gasteiger partial charge in [-0.25, -0.2) is 8.42 Å². The number of nitrogens with two attached hydrogens (primary N) is 1. The maximum absolute atomic E-state index is 13.7. The molecule has 0 saturated heterocycles. The van der Waals surface area contributed by atoms with E-state index in [1.54, 1.807) is 68.4 Å².